The number of hydrogen-bond acceptors (Lipinski definition) is 6. The van der Waals surface area contributed by atoms with Crippen LogP contribution >= 0.6 is 23.7 Å². The molecule has 1 N–H and O–H groups in total. The van der Waals surface area contributed by atoms with Crippen molar-refractivity contribution < 1.29 is 8.42 Å². The second-order valence-electron chi connectivity index (χ2n) is 6.51. The molecule has 26 heavy (non-hydrogen) atoms. The maximum atomic E-state index is 12.7. The Morgan fingerprint density at radius 1 is 1.23 bits per heavy atom. The minimum atomic E-state index is -3.45. The zero-order chi connectivity index (χ0) is 17.4. The van der Waals surface area contributed by atoms with E-state index < -0.39 is 10.0 Å². The van der Waals surface area contributed by atoms with Crippen molar-refractivity contribution in [1.29, 1.82) is 0 Å². The van der Waals surface area contributed by atoms with Gasteiger partial charge in [0.2, 0.25) is 0 Å². The molecule has 0 radical (unpaired) electrons. The molecule has 0 unspecified atom stereocenters. The number of para-hydroxylation sites is 1. The predicted octanol–water partition coefficient (Wildman–Crippen LogP) is 2.35. The Hall–Kier alpha value is -1.19. The number of halogens is 1. The lowest BCUT2D eigenvalue weighted by molar-refractivity contribution is 0.181. The van der Waals surface area contributed by atoms with Gasteiger partial charge in [0.15, 0.2) is 5.03 Å². The van der Waals surface area contributed by atoms with E-state index in [0.717, 1.165) is 37.6 Å². The number of rotatable bonds is 4. The first-order valence-electron chi connectivity index (χ1n) is 8.53. The number of aryl methyl sites for hydroxylation is 1. The van der Waals surface area contributed by atoms with Gasteiger partial charge in [0.25, 0.3) is 10.0 Å². The van der Waals surface area contributed by atoms with Crippen LogP contribution in [0, 0.1) is 6.92 Å². The number of fused-ring (bicyclic) bond motifs is 1. The van der Waals surface area contributed by atoms with Gasteiger partial charge in [-0.2, -0.15) is 4.31 Å². The topological polar surface area (TPSA) is 65.5 Å². The SMILES string of the molecule is Cc1nc(S(=O)(=O)N2CCN(Cc3cccc4c3NCC4)CC2)cs1.Cl. The third kappa shape index (κ3) is 3.75. The molecule has 142 valence electrons. The number of nitrogens with one attached hydrogen (secondary N) is 1. The lowest BCUT2D eigenvalue weighted by atomic mass is 10.1. The largest absolute Gasteiger partial charge is 0.384 e. The van der Waals surface area contributed by atoms with E-state index in [0.29, 0.717) is 13.1 Å². The van der Waals surface area contributed by atoms with Gasteiger partial charge in [0.05, 0.1) is 5.01 Å². The number of hydrogen-bond donors (Lipinski definition) is 1. The Labute approximate surface area is 164 Å². The summed E-state index contributed by atoms with van der Waals surface area (Å²) in [5, 5.41) is 6.08. The molecule has 0 amide bonds. The molecule has 1 saturated heterocycles. The highest BCUT2D eigenvalue weighted by Gasteiger charge is 2.30. The molecule has 0 spiro atoms. The van der Waals surface area contributed by atoms with Crippen LogP contribution in [0.5, 0.6) is 0 Å². The van der Waals surface area contributed by atoms with Gasteiger partial charge in [-0.15, -0.1) is 23.7 Å². The van der Waals surface area contributed by atoms with Crippen molar-refractivity contribution in [2.45, 2.75) is 24.9 Å². The van der Waals surface area contributed by atoms with Crippen molar-refractivity contribution in [3.05, 3.63) is 39.7 Å². The first-order valence-corrected chi connectivity index (χ1v) is 10.9. The molecule has 2 aliphatic heterocycles. The fourth-order valence-electron chi connectivity index (χ4n) is 3.51. The number of benzene rings is 1. The quantitative estimate of drug-likeness (QED) is 0.831. The highest BCUT2D eigenvalue weighted by atomic mass is 35.5. The molecule has 4 rings (SSSR count). The lowest BCUT2D eigenvalue weighted by Crippen LogP contribution is -2.48. The van der Waals surface area contributed by atoms with Crippen molar-refractivity contribution >= 4 is 39.5 Å². The van der Waals surface area contributed by atoms with Gasteiger partial charge in [-0.3, -0.25) is 4.90 Å². The second kappa shape index (κ2) is 7.82. The molecular weight excluding hydrogens is 392 g/mol. The van der Waals surface area contributed by atoms with Crippen LogP contribution in [0.1, 0.15) is 16.1 Å². The van der Waals surface area contributed by atoms with Crippen molar-refractivity contribution in [3.63, 3.8) is 0 Å². The fraction of sp³-hybridized carbons (Fsp3) is 0.471. The molecule has 2 aliphatic rings. The Balaban J connectivity index is 0.00000196. The number of thiazole rings is 1. The highest BCUT2D eigenvalue weighted by Crippen LogP contribution is 2.28. The molecule has 1 aromatic heterocycles. The Morgan fingerprint density at radius 2 is 2.00 bits per heavy atom. The standard InChI is InChI=1S/C17H22N4O2S2.ClH/c1-13-19-16(12-24-13)25(22,23)21-9-7-20(8-10-21)11-15-4-2-3-14-5-6-18-17(14)15;/h2-4,12,18H,5-11H2,1H3;1H. The Bertz CT molecular complexity index is 877. The van der Waals surface area contributed by atoms with Crippen LogP contribution in [0.15, 0.2) is 28.6 Å². The van der Waals surface area contributed by atoms with E-state index in [2.05, 4.69) is 33.4 Å². The third-order valence-corrected chi connectivity index (χ3v) is 7.57. The molecule has 2 aromatic rings. The average Bonchev–Trinajstić information content (AvgIpc) is 3.25. The monoisotopic (exact) mass is 414 g/mol. The summed E-state index contributed by atoms with van der Waals surface area (Å²) in [6.07, 6.45) is 1.09. The van der Waals surface area contributed by atoms with Gasteiger partial charge < -0.3 is 5.32 Å². The molecular formula is C17H23ClN4O2S2. The van der Waals surface area contributed by atoms with Crippen LogP contribution < -0.4 is 5.32 Å². The summed E-state index contributed by atoms with van der Waals surface area (Å²) in [7, 11) is -3.45. The molecule has 1 aromatic carbocycles. The molecule has 9 heteroatoms. The highest BCUT2D eigenvalue weighted by molar-refractivity contribution is 7.89. The summed E-state index contributed by atoms with van der Waals surface area (Å²) >= 11 is 1.37. The van der Waals surface area contributed by atoms with E-state index in [1.54, 1.807) is 9.69 Å². The minimum absolute atomic E-state index is 0. The minimum Gasteiger partial charge on any atom is -0.384 e. The van der Waals surface area contributed by atoms with Crippen LogP contribution in [-0.2, 0) is 23.0 Å². The van der Waals surface area contributed by atoms with E-state index in [4.69, 9.17) is 0 Å². The van der Waals surface area contributed by atoms with Crippen LogP contribution in [0.25, 0.3) is 0 Å². The van der Waals surface area contributed by atoms with Crippen LogP contribution in [0.2, 0.25) is 0 Å². The van der Waals surface area contributed by atoms with E-state index in [9.17, 15) is 8.42 Å². The first kappa shape index (κ1) is 19.6. The molecule has 0 bridgehead atoms. The summed E-state index contributed by atoms with van der Waals surface area (Å²) in [5.74, 6) is 0. The Kier molecular flexibility index (Phi) is 5.88. The number of aromatic nitrogens is 1. The molecule has 0 saturated carbocycles. The number of anilines is 1. The summed E-state index contributed by atoms with van der Waals surface area (Å²) in [6.45, 7) is 6.21. The lowest BCUT2D eigenvalue weighted by Gasteiger charge is -2.33. The maximum Gasteiger partial charge on any atom is 0.261 e. The van der Waals surface area contributed by atoms with E-state index in [1.165, 1.54) is 28.2 Å². The normalized spacial score (nSPS) is 18.2. The summed E-state index contributed by atoms with van der Waals surface area (Å²) in [5.41, 5.74) is 3.97. The van der Waals surface area contributed by atoms with Crippen LogP contribution in [0.4, 0.5) is 5.69 Å². The zero-order valence-electron chi connectivity index (χ0n) is 14.6. The van der Waals surface area contributed by atoms with Gasteiger partial charge in [-0.25, -0.2) is 13.4 Å². The van der Waals surface area contributed by atoms with Crippen LogP contribution in [-0.4, -0.2) is 55.3 Å². The summed E-state index contributed by atoms with van der Waals surface area (Å²) in [6, 6.07) is 6.46. The van der Waals surface area contributed by atoms with Crippen LogP contribution in [0.3, 0.4) is 0 Å². The fourth-order valence-corrected chi connectivity index (χ4v) is 5.83. The first-order chi connectivity index (χ1) is 12.0. The van der Waals surface area contributed by atoms with Crippen molar-refractivity contribution in [1.82, 2.24) is 14.2 Å². The van der Waals surface area contributed by atoms with Gasteiger partial charge in [0, 0.05) is 50.3 Å². The van der Waals surface area contributed by atoms with Crippen molar-refractivity contribution in [2.75, 3.05) is 38.0 Å². The number of nitrogens with zero attached hydrogens (tertiary/aromatic N) is 3. The molecule has 0 atom stereocenters. The van der Waals surface area contributed by atoms with Gasteiger partial charge in [-0.1, -0.05) is 18.2 Å². The average molecular weight is 415 g/mol. The summed E-state index contributed by atoms with van der Waals surface area (Å²) in [4.78, 5) is 6.48. The van der Waals surface area contributed by atoms with E-state index in [1.807, 2.05) is 6.92 Å². The smallest absolute Gasteiger partial charge is 0.261 e. The third-order valence-electron chi connectivity index (χ3n) is 4.86. The molecule has 6 nitrogen and oxygen atoms in total. The number of piperazine rings is 1. The molecule has 3 heterocycles. The van der Waals surface area contributed by atoms with Gasteiger partial charge in [-0.05, 0) is 24.5 Å². The predicted molar refractivity (Wildman–Crippen MR) is 107 cm³/mol. The van der Waals surface area contributed by atoms with Crippen molar-refractivity contribution in [2.24, 2.45) is 0 Å². The van der Waals surface area contributed by atoms with E-state index >= 15 is 0 Å². The Morgan fingerprint density at radius 3 is 2.69 bits per heavy atom. The molecule has 1 fully saturated rings. The second-order valence-corrected chi connectivity index (χ2v) is 9.46. The van der Waals surface area contributed by atoms with Gasteiger partial charge >= 0.3 is 0 Å². The van der Waals surface area contributed by atoms with E-state index in [-0.39, 0.29) is 17.4 Å². The zero-order valence-corrected chi connectivity index (χ0v) is 17.1. The molecule has 0 aliphatic carbocycles. The summed E-state index contributed by atoms with van der Waals surface area (Å²) < 4.78 is 26.9. The van der Waals surface area contributed by atoms with Crippen molar-refractivity contribution in [3.8, 4) is 0 Å². The van der Waals surface area contributed by atoms with Gasteiger partial charge in [0.1, 0.15) is 0 Å². The maximum absolute atomic E-state index is 12.7. The number of sulfonamides is 1.